The molecule has 50 heavy (non-hydrogen) atoms. The molecule has 3 aromatic heterocycles. The van der Waals surface area contributed by atoms with Crippen LogP contribution in [0.15, 0.2) is 61.2 Å². The quantitative estimate of drug-likeness (QED) is 0.190. The summed E-state index contributed by atoms with van der Waals surface area (Å²) in [6, 6.07) is 12.2. The largest absolute Gasteiger partial charge is 0.444 e. The molecule has 7 rings (SSSR count). The van der Waals surface area contributed by atoms with Crippen LogP contribution in [0.4, 0.5) is 9.59 Å². The Kier molecular flexibility index (Phi) is 8.57. The van der Waals surface area contributed by atoms with E-state index in [1.807, 2.05) is 53.8 Å². The monoisotopic (exact) mass is 676 g/mol. The van der Waals surface area contributed by atoms with Gasteiger partial charge in [0, 0.05) is 24.2 Å². The molecule has 2 aliphatic heterocycles. The highest BCUT2D eigenvalue weighted by Crippen LogP contribution is 2.35. The van der Waals surface area contributed by atoms with Crippen LogP contribution < -0.4 is 0 Å². The molecule has 12 nitrogen and oxygen atoms in total. The summed E-state index contributed by atoms with van der Waals surface area (Å²) in [6.07, 6.45) is 9.92. The highest BCUT2D eigenvalue weighted by molar-refractivity contribution is 5.90. The van der Waals surface area contributed by atoms with Gasteiger partial charge in [0.05, 0.1) is 54.0 Å². The molecule has 5 aromatic rings. The van der Waals surface area contributed by atoms with E-state index in [2.05, 4.69) is 55.3 Å². The lowest BCUT2D eigenvalue weighted by Gasteiger charge is -2.27. The number of nitrogens with one attached hydrogen (secondary N) is 2. The Labute approximate surface area is 291 Å². The molecule has 0 unspecified atom stereocenters. The number of hydrogen-bond acceptors (Lipinski definition) is 8. The van der Waals surface area contributed by atoms with Crippen LogP contribution in [-0.2, 0) is 9.47 Å². The second-order valence-electron chi connectivity index (χ2n) is 15.1. The molecule has 12 heteroatoms. The van der Waals surface area contributed by atoms with Gasteiger partial charge in [-0.1, -0.05) is 24.3 Å². The molecule has 260 valence electrons. The van der Waals surface area contributed by atoms with Gasteiger partial charge in [-0.05, 0) is 90.1 Å². The molecule has 0 radical (unpaired) electrons. The van der Waals surface area contributed by atoms with Gasteiger partial charge < -0.3 is 19.4 Å². The SMILES string of the molecule is CC(C)(C)OC(=O)N1CCC[C@H]1c1ncc(-c2ccc3cc(-c4cnc(-c5cnc([C@@H]6CCCN6C(=O)OC(C)(C)C)[nH]5)cn4)ccc3c2)[nH]1. The first-order valence-corrected chi connectivity index (χ1v) is 17.3. The van der Waals surface area contributed by atoms with E-state index in [1.54, 1.807) is 28.4 Å². The average Bonchev–Trinajstić information content (AvgIpc) is 3.88. The topological polar surface area (TPSA) is 142 Å². The average molecular weight is 677 g/mol. The van der Waals surface area contributed by atoms with Gasteiger partial charge in [-0.3, -0.25) is 19.8 Å². The van der Waals surface area contributed by atoms with E-state index >= 15 is 0 Å². The van der Waals surface area contributed by atoms with Gasteiger partial charge in [0.25, 0.3) is 0 Å². The molecule has 2 aliphatic rings. The van der Waals surface area contributed by atoms with Crippen molar-refractivity contribution in [3.8, 4) is 33.9 Å². The van der Waals surface area contributed by atoms with Crippen molar-refractivity contribution in [3.63, 3.8) is 0 Å². The zero-order valence-corrected chi connectivity index (χ0v) is 29.5. The number of aromatic nitrogens is 6. The van der Waals surface area contributed by atoms with Gasteiger partial charge in [0.15, 0.2) is 0 Å². The van der Waals surface area contributed by atoms with Gasteiger partial charge in [-0.15, -0.1) is 0 Å². The fraction of sp³-hybridized carbons (Fsp3) is 0.421. The number of aromatic amines is 2. The van der Waals surface area contributed by atoms with Crippen molar-refractivity contribution in [2.75, 3.05) is 13.1 Å². The minimum atomic E-state index is -0.556. The van der Waals surface area contributed by atoms with E-state index in [4.69, 9.17) is 14.5 Å². The second-order valence-corrected chi connectivity index (χ2v) is 15.1. The van der Waals surface area contributed by atoms with E-state index in [9.17, 15) is 9.59 Å². The second kappa shape index (κ2) is 12.9. The van der Waals surface area contributed by atoms with Crippen molar-refractivity contribution in [2.24, 2.45) is 0 Å². The van der Waals surface area contributed by atoms with Crippen molar-refractivity contribution in [1.82, 2.24) is 39.7 Å². The molecule has 0 aliphatic carbocycles. The van der Waals surface area contributed by atoms with Crippen molar-refractivity contribution in [2.45, 2.75) is 90.5 Å². The number of H-pyrrole nitrogens is 2. The van der Waals surface area contributed by atoms with Gasteiger partial charge in [0.2, 0.25) is 0 Å². The lowest BCUT2D eigenvalue weighted by atomic mass is 10.0. The van der Waals surface area contributed by atoms with E-state index in [0.29, 0.717) is 18.8 Å². The van der Waals surface area contributed by atoms with Gasteiger partial charge >= 0.3 is 12.2 Å². The maximum atomic E-state index is 12.8. The molecule has 0 saturated carbocycles. The molecule has 0 bridgehead atoms. The summed E-state index contributed by atoms with van der Waals surface area (Å²) in [5, 5.41) is 2.16. The summed E-state index contributed by atoms with van der Waals surface area (Å²) in [5.74, 6) is 1.49. The van der Waals surface area contributed by atoms with Crippen LogP contribution in [0.1, 0.15) is 91.0 Å². The lowest BCUT2D eigenvalue weighted by Crippen LogP contribution is -2.36. The Hall–Kier alpha value is -5.26. The van der Waals surface area contributed by atoms with Crippen LogP contribution in [0, 0.1) is 0 Å². The predicted octanol–water partition coefficient (Wildman–Crippen LogP) is 8.22. The number of rotatable bonds is 5. The highest BCUT2D eigenvalue weighted by Gasteiger charge is 2.36. The Morgan fingerprint density at radius 1 is 0.640 bits per heavy atom. The number of benzene rings is 2. The first kappa shape index (κ1) is 33.2. The van der Waals surface area contributed by atoms with E-state index < -0.39 is 11.2 Å². The maximum absolute atomic E-state index is 12.8. The fourth-order valence-corrected chi connectivity index (χ4v) is 6.66. The minimum Gasteiger partial charge on any atom is -0.444 e. The Balaban J connectivity index is 1.04. The van der Waals surface area contributed by atoms with E-state index in [0.717, 1.165) is 76.3 Å². The van der Waals surface area contributed by atoms with Crippen LogP contribution in [0.2, 0.25) is 0 Å². The summed E-state index contributed by atoms with van der Waals surface area (Å²) in [6.45, 7) is 12.5. The van der Waals surface area contributed by atoms with Crippen LogP contribution in [0.25, 0.3) is 44.7 Å². The number of amides is 2. The molecule has 2 atom stereocenters. The molecule has 2 fully saturated rings. The molecule has 2 aromatic carbocycles. The predicted molar refractivity (Wildman–Crippen MR) is 190 cm³/mol. The number of ether oxygens (including phenoxy) is 2. The number of imidazole rings is 2. The van der Waals surface area contributed by atoms with Crippen LogP contribution >= 0.6 is 0 Å². The summed E-state index contributed by atoms with van der Waals surface area (Å²) >= 11 is 0. The fourth-order valence-electron chi connectivity index (χ4n) is 6.66. The molecular weight excluding hydrogens is 632 g/mol. The maximum Gasteiger partial charge on any atom is 0.410 e. The van der Waals surface area contributed by atoms with Crippen LogP contribution in [-0.4, -0.2) is 76.2 Å². The molecule has 0 spiro atoms. The summed E-state index contributed by atoms with van der Waals surface area (Å²) < 4.78 is 11.3. The van der Waals surface area contributed by atoms with Gasteiger partial charge in [-0.2, -0.15) is 0 Å². The molecule has 2 N–H and O–H groups in total. The van der Waals surface area contributed by atoms with E-state index in [1.165, 1.54) is 0 Å². The summed E-state index contributed by atoms with van der Waals surface area (Å²) in [7, 11) is 0. The Bertz CT molecular complexity index is 2020. The number of likely N-dealkylation sites (tertiary alicyclic amines) is 2. The summed E-state index contributed by atoms with van der Waals surface area (Å²) in [5.41, 5.74) is 3.95. The van der Waals surface area contributed by atoms with Crippen molar-refractivity contribution < 1.29 is 19.1 Å². The molecule has 5 heterocycles. The van der Waals surface area contributed by atoms with Gasteiger partial charge in [-0.25, -0.2) is 19.6 Å². The number of hydrogen-bond donors (Lipinski definition) is 2. The van der Waals surface area contributed by atoms with Gasteiger partial charge in [0.1, 0.15) is 28.5 Å². The third-order valence-electron chi connectivity index (χ3n) is 8.96. The highest BCUT2D eigenvalue weighted by atomic mass is 16.6. The zero-order valence-electron chi connectivity index (χ0n) is 29.5. The number of carbonyl (C=O) groups is 2. The first-order valence-electron chi connectivity index (χ1n) is 17.3. The number of fused-ring (bicyclic) bond motifs is 1. The normalized spacial score (nSPS) is 18.2. The first-order chi connectivity index (χ1) is 23.8. The number of carbonyl (C=O) groups excluding carboxylic acids is 2. The van der Waals surface area contributed by atoms with Crippen molar-refractivity contribution in [3.05, 3.63) is 72.8 Å². The minimum absolute atomic E-state index is 0.133. The van der Waals surface area contributed by atoms with Crippen LogP contribution in [0.3, 0.4) is 0 Å². The molecular formula is C38H44N8O4. The third kappa shape index (κ3) is 7.05. The number of nitrogens with zero attached hydrogens (tertiary/aromatic N) is 6. The smallest absolute Gasteiger partial charge is 0.410 e. The third-order valence-corrected chi connectivity index (χ3v) is 8.96. The Morgan fingerprint density at radius 2 is 1.12 bits per heavy atom. The van der Waals surface area contributed by atoms with E-state index in [-0.39, 0.29) is 24.3 Å². The van der Waals surface area contributed by atoms with Crippen LogP contribution in [0.5, 0.6) is 0 Å². The molecule has 2 amide bonds. The standard InChI is InChI=1S/C38H44N8O4/c1-37(2,3)49-35(47)45-15-7-9-31(45)33-41-20-28(43-33)26-14-12-23-17-25(13-11-24(23)18-26)27-19-40-29(21-39-27)30-22-42-34(44-30)32-10-8-16-46(32)36(48)50-38(4,5)6/h11-14,17-22,31-32H,7-10,15-16H2,1-6H3,(H,41,43)(H,42,44)/t31-,32-/m0/s1. The summed E-state index contributed by atoms with van der Waals surface area (Å²) in [4.78, 5) is 54.6. The lowest BCUT2D eigenvalue weighted by molar-refractivity contribution is 0.0208. The molecule has 2 saturated heterocycles. The zero-order chi connectivity index (χ0) is 35.2. The Morgan fingerprint density at radius 3 is 1.66 bits per heavy atom. The van der Waals surface area contributed by atoms with Crippen molar-refractivity contribution in [1.29, 1.82) is 0 Å². The van der Waals surface area contributed by atoms with Crippen molar-refractivity contribution >= 4 is 23.0 Å².